The van der Waals surface area contributed by atoms with E-state index in [4.69, 9.17) is 14.0 Å². The van der Waals surface area contributed by atoms with Crippen molar-refractivity contribution in [3.05, 3.63) is 86.5 Å². The van der Waals surface area contributed by atoms with Crippen molar-refractivity contribution < 1.29 is 18.4 Å². The molecule has 0 aliphatic rings. The third-order valence-corrected chi connectivity index (χ3v) is 6.21. The van der Waals surface area contributed by atoms with Crippen LogP contribution in [0.25, 0.3) is 27.3 Å². The number of benzene rings is 2. The van der Waals surface area contributed by atoms with Crippen molar-refractivity contribution in [3.8, 4) is 28.6 Å². The Kier molecular flexibility index (Phi) is 5.91. The average Bonchev–Trinajstić information content (AvgIpc) is 3.54. The van der Waals surface area contributed by atoms with E-state index >= 15 is 0 Å². The molecule has 0 aliphatic carbocycles. The Hall–Kier alpha value is -4.25. The lowest BCUT2D eigenvalue weighted by atomic mass is 10.2. The third-order valence-electron chi connectivity index (χ3n) is 5.32. The zero-order chi connectivity index (χ0) is 24.5. The summed E-state index contributed by atoms with van der Waals surface area (Å²) in [6, 6.07) is 12.1. The van der Waals surface area contributed by atoms with Crippen molar-refractivity contribution in [1.29, 1.82) is 0 Å². The molecule has 0 spiro atoms. The Balaban J connectivity index is 1.55. The van der Waals surface area contributed by atoms with Gasteiger partial charge in [-0.1, -0.05) is 5.16 Å². The molecule has 0 radical (unpaired) electrons. The fourth-order valence-electron chi connectivity index (χ4n) is 3.71. The number of nitrogens with zero attached hydrogens (tertiary/aromatic N) is 4. The summed E-state index contributed by atoms with van der Waals surface area (Å²) in [6.45, 7) is 2.31. The minimum atomic E-state index is -0.602. The van der Waals surface area contributed by atoms with Crippen molar-refractivity contribution in [3.63, 3.8) is 0 Å². The van der Waals surface area contributed by atoms with Crippen LogP contribution in [-0.2, 0) is 6.54 Å². The Morgan fingerprint density at radius 2 is 1.89 bits per heavy atom. The number of rotatable bonds is 7. The third kappa shape index (κ3) is 4.10. The van der Waals surface area contributed by atoms with Gasteiger partial charge in [0.2, 0.25) is 11.7 Å². The highest BCUT2D eigenvalue weighted by Gasteiger charge is 2.19. The summed E-state index contributed by atoms with van der Waals surface area (Å²) in [5, 5.41) is 5.76. The number of hydrogen-bond acceptors (Lipinski definition) is 8. The number of fused-ring (bicyclic) bond motifs is 1. The molecule has 2 aromatic carbocycles. The SMILES string of the molecule is CCOc1ccc(-c2noc(Cn3c(=O)n(-c4ccc(F)cc4)c(=O)c4sccc43)n2)cc1OC. The molecule has 178 valence electrons. The molecule has 0 amide bonds. The Morgan fingerprint density at radius 3 is 2.63 bits per heavy atom. The molecule has 0 saturated heterocycles. The second kappa shape index (κ2) is 9.18. The van der Waals surface area contributed by atoms with Crippen molar-refractivity contribution in [2.24, 2.45) is 0 Å². The largest absolute Gasteiger partial charge is 0.493 e. The van der Waals surface area contributed by atoms with Crippen molar-refractivity contribution >= 4 is 21.6 Å². The molecule has 9 nitrogen and oxygen atoms in total. The number of hydrogen-bond donors (Lipinski definition) is 0. The van der Waals surface area contributed by atoms with E-state index in [9.17, 15) is 14.0 Å². The quantitative estimate of drug-likeness (QED) is 0.339. The number of aromatic nitrogens is 4. The number of methoxy groups -OCH3 is 1. The van der Waals surface area contributed by atoms with Gasteiger partial charge in [0.1, 0.15) is 17.1 Å². The van der Waals surface area contributed by atoms with Crippen molar-refractivity contribution in [2.45, 2.75) is 13.5 Å². The molecular formula is C24H19FN4O5S. The molecule has 0 aliphatic heterocycles. The topological polar surface area (TPSA) is 101 Å². The summed E-state index contributed by atoms with van der Waals surface area (Å²) in [5.41, 5.74) is 0.277. The summed E-state index contributed by atoms with van der Waals surface area (Å²) in [4.78, 5) is 30.8. The predicted octanol–water partition coefficient (Wildman–Crippen LogP) is 3.86. The molecule has 11 heteroatoms. The van der Waals surface area contributed by atoms with E-state index in [-0.39, 0.29) is 18.1 Å². The summed E-state index contributed by atoms with van der Waals surface area (Å²) in [7, 11) is 1.54. The van der Waals surface area contributed by atoms with Gasteiger partial charge in [-0.05, 0) is 60.8 Å². The maximum absolute atomic E-state index is 13.4. The molecule has 0 saturated carbocycles. The van der Waals surface area contributed by atoms with E-state index in [0.29, 0.717) is 39.7 Å². The lowest BCUT2D eigenvalue weighted by Gasteiger charge is -2.10. The lowest BCUT2D eigenvalue weighted by Crippen LogP contribution is -2.38. The van der Waals surface area contributed by atoms with Gasteiger partial charge < -0.3 is 14.0 Å². The lowest BCUT2D eigenvalue weighted by molar-refractivity contribution is 0.311. The molecule has 5 aromatic rings. The highest BCUT2D eigenvalue weighted by atomic mass is 32.1. The van der Waals surface area contributed by atoms with Crippen LogP contribution in [-0.4, -0.2) is 33.0 Å². The number of thiophene rings is 1. The van der Waals surface area contributed by atoms with Crippen LogP contribution < -0.4 is 20.7 Å². The fraction of sp³-hybridized carbons (Fsp3) is 0.167. The monoisotopic (exact) mass is 494 g/mol. The van der Waals surface area contributed by atoms with E-state index in [1.165, 1.54) is 47.3 Å². The maximum atomic E-state index is 13.4. The first kappa shape index (κ1) is 22.5. The molecule has 3 heterocycles. The zero-order valence-electron chi connectivity index (χ0n) is 18.7. The molecule has 0 atom stereocenters. The Bertz CT molecular complexity index is 1630. The van der Waals surface area contributed by atoms with E-state index in [1.807, 2.05) is 6.92 Å². The standard InChI is InChI=1S/C24H19FN4O5S/c1-3-33-18-9-4-14(12-19(18)32-2)22-26-20(34-27-22)13-28-17-10-11-35-21(17)23(30)29(24(28)31)16-7-5-15(25)6-8-16/h4-12H,3,13H2,1-2H3. The first-order valence-electron chi connectivity index (χ1n) is 10.6. The van der Waals surface area contributed by atoms with Gasteiger partial charge >= 0.3 is 5.69 Å². The molecular weight excluding hydrogens is 475 g/mol. The van der Waals surface area contributed by atoms with Gasteiger partial charge in [0.25, 0.3) is 5.56 Å². The van der Waals surface area contributed by atoms with Crippen LogP contribution in [0.5, 0.6) is 11.5 Å². The van der Waals surface area contributed by atoms with E-state index in [1.54, 1.807) is 29.6 Å². The Labute approximate surface area is 201 Å². The minimum absolute atomic E-state index is 0.0608. The van der Waals surface area contributed by atoms with Crippen LogP contribution in [0.4, 0.5) is 4.39 Å². The Morgan fingerprint density at radius 1 is 1.09 bits per heavy atom. The molecule has 0 N–H and O–H groups in total. The van der Waals surface area contributed by atoms with Crippen LogP contribution in [0, 0.1) is 5.82 Å². The highest BCUT2D eigenvalue weighted by Crippen LogP contribution is 2.31. The van der Waals surface area contributed by atoms with Gasteiger partial charge in [-0.25, -0.2) is 13.8 Å². The van der Waals surface area contributed by atoms with Crippen LogP contribution in [0.1, 0.15) is 12.8 Å². The fourth-order valence-corrected chi connectivity index (χ4v) is 4.54. The molecule has 0 fully saturated rings. The smallest absolute Gasteiger partial charge is 0.336 e. The van der Waals surface area contributed by atoms with Crippen LogP contribution in [0.3, 0.4) is 0 Å². The van der Waals surface area contributed by atoms with Crippen molar-refractivity contribution in [2.75, 3.05) is 13.7 Å². The summed E-state index contributed by atoms with van der Waals surface area (Å²) < 4.78 is 32.5. The van der Waals surface area contributed by atoms with Crippen LogP contribution in [0.15, 0.2) is 68.0 Å². The minimum Gasteiger partial charge on any atom is -0.493 e. The predicted molar refractivity (Wildman–Crippen MR) is 128 cm³/mol. The van der Waals surface area contributed by atoms with Crippen LogP contribution >= 0.6 is 11.3 Å². The van der Waals surface area contributed by atoms with Gasteiger partial charge in [0.15, 0.2) is 11.5 Å². The number of halogens is 1. The highest BCUT2D eigenvalue weighted by molar-refractivity contribution is 7.17. The second-order valence-electron chi connectivity index (χ2n) is 7.43. The first-order chi connectivity index (χ1) is 17.0. The summed E-state index contributed by atoms with van der Waals surface area (Å²) >= 11 is 1.21. The van der Waals surface area contributed by atoms with Crippen LogP contribution in [0.2, 0.25) is 0 Å². The van der Waals surface area contributed by atoms with Gasteiger partial charge in [-0.15, -0.1) is 11.3 Å². The molecule has 5 rings (SSSR count). The molecule has 3 aromatic heterocycles. The van der Waals surface area contributed by atoms with Crippen molar-refractivity contribution in [1.82, 2.24) is 19.3 Å². The molecule has 0 unspecified atom stereocenters. The molecule has 35 heavy (non-hydrogen) atoms. The van der Waals surface area contributed by atoms with E-state index in [2.05, 4.69) is 10.1 Å². The van der Waals surface area contributed by atoms with Gasteiger partial charge in [-0.3, -0.25) is 9.36 Å². The summed E-state index contributed by atoms with van der Waals surface area (Å²) in [6.07, 6.45) is 0. The summed E-state index contributed by atoms with van der Waals surface area (Å²) in [5.74, 6) is 1.13. The zero-order valence-corrected chi connectivity index (χ0v) is 19.5. The van der Waals surface area contributed by atoms with E-state index in [0.717, 1.165) is 4.57 Å². The first-order valence-corrected chi connectivity index (χ1v) is 11.5. The molecule has 0 bridgehead atoms. The van der Waals surface area contributed by atoms with E-state index < -0.39 is 17.1 Å². The van der Waals surface area contributed by atoms with Gasteiger partial charge in [-0.2, -0.15) is 4.98 Å². The number of ether oxygens (including phenoxy) is 2. The second-order valence-corrected chi connectivity index (χ2v) is 8.35. The van der Waals surface area contributed by atoms with Gasteiger partial charge in [0, 0.05) is 5.56 Å². The average molecular weight is 495 g/mol. The maximum Gasteiger partial charge on any atom is 0.336 e. The van der Waals surface area contributed by atoms with Gasteiger partial charge in [0.05, 0.1) is 24.9 Å². The normalized spacial score (nSPS) is 11.2.